The van der Waals surface area contributed by atoms with Gasteiger partial charge in [-0.2, -0.15) is 0 Å². The maximum Gasteiger partial charge on any atom is 0.270 e. The number of thioether (sulfide) groups is 1. The molecule has 0 aliphatic carbocycles. The van der Waals surface area contributed by atoms with E-state index in [0.29, 0.717) is 34.9 Å². The summed E-state index contributed by atoms with van der Waals surface area (Å²) in [6, 6.07) is 13.0. The van der Waals surface area contributed by atoms with Crippen molar-refractivity contribution in [3.8, 4) is 0 Å². The van der Waals surface area contributed by atoms with Gasteiger partial charge in [0.1, 0.15) is 0 Å². The lowest BCUT2D eigenvalue weighted by atomic mass is 10.2. The van der Waals surface area contributed by atoms with Crippen LogP contribution in [0.25, 0.3) is 10.2 Å². The van der Waals surface area contributed by atoms with Gasteiger partial charge in [0.25, 0.3) is 5.69 Å². The Balaban J connectivity index is 0.00000363. The first-order valence-corrected chi connectivity index (χ1v) is 11.8. The van der Waals surface area contributed by atoms with Crippen molar-refractivity contribution in [2.45, 2.75) is 24.7 Å². The number of carbonyl (C=O) groups is 1. The van der Waals surface area contributed by atoms with E-state index in [1.54, 1.807) is 22.7 Å². The predicted molar refractivity (Wildman–Crippen MR) is 136 cm³/mol. The number of hydrogen-bond donors (Lipinski definition) is 0. The number of nitro groups is 1. The van der Waals surface area contributed by atoms with Gasteiger partial charge in [-0.1, -0.05) is 29.0 Å². The van der Waals surface area contributed by atoms with E-state index < -0.39 is 4.92 Å². The second kappa shape index (κ2) is 12.2. The lowest BCUT2D eigenvalue weighted by Crippen LogP contribution is -2.36. The molecule has 0 unspecified atom stereocenters. The number of carbonyl (C=O) groups excluding carboxylic acids is 1. The fourth-order valence-corrected chi connectivity index (χ4v) is 4.83. The number of anilines is 1. The van der Waals surface area contributed by atoms with E-state index in [0.717, 1.165) is 12.2 Å². The van der Waals surface area contributed by atoms with Crippen LogP contribution in [0, 0.1) is 17.0 Å². The standard InChI is InChI=1S/C22H26N4O3S2.ClH/c1-16-6-9-18(10-7-16)30-14-4-5-21(27)25(13-12-24(2)3)22-23-19-11-8-17(26(28)29)15-20(19)31-22;/h6-11,15H,4-5,12-14H2,1-3H3;1H. The number of aromatic nitrogens is 1. The number of hydrogen-bond acceptors (Lipinski definition) is 7. The van der Waals surface area contributed by atoms with Crippen molar-refractivity contribution in [3.05, 3.63) is 58.1 Å². The molecule has 0 fully saturated rings. The molecule has 0 bridgehead atoms. The van der Waals surface area contributed by atoms with Gasteiger partial charge in [-0.25, -0.2) is 4.98 Å². The highest BCUT2D eigenvalue weighted by Gasteiger charge is 2.20. The third-order valence-electron chi connectivity index (χ3n) is 4.70. The van der Waals surface area contributed by atoms with Crippen molar-refractivity contribution >= 4 is 62.4 Å². The summed E-state index contributed by atoms with van der Waals surface area (Å²) in [5, 5.41) is 11.6. The summed E-state index contributed by atoms with van der Waals surface area (Å²) >= 11 is 3.07. The van der Waals surface area contributed by atoms with E-state index in [-0.39, 0.29) is 24.0 Å². The molecule has 1 heterocycles. The first kappa shape index (κ1) is 26.1. The topological polar surface area (TPSA) is 79.6 Å². The molecule has 172 valence electrons. The largest absolute Gasteiger partial charge is 0.308 e. The van der Waals surface area contributed by atoms with E-state index in [2.05, 4.69) is 36.2 Å². The van der Waals surface area contributed by atoms with Gasteiger partial charge < -0.3 is 4.90 Å². The first-order chi connectivity index (χ1) is 14.8. The van der Waals surface area contributed by atoms with Crippen molar-refractivity contribution in [1.82, 2.24) is 9.88 Å². The predicted octanol–water partition coefficient (Wildman–Crippen LogP) is 5.40. The number of nitro benzene ring substituents is 1. The highest BCUT2D eigenvalue weighted by molar-refractivity contribution is 7.99. The highest BCUT2D eigenvalue weighted by atomic mass is 35.5. The molecule has 0 aliphatic heterocycles. The molecule has 0 N–H and O–H groups in total. The lowest BCUT2D eigenvalue weighted by Gasteiger charge is -2.22. The van der Waals surface area contributed by atoms with Gasteiger partial charge in [-0.3, -0.25) is 19.8 Å². The van der Waals surface area contributed by atoms with Gasteiger partial charge in [0.15, 0.2) is 5.13 Å². The number of nitrogens with zero attached hydrogens (tertiary/aromatic N) is 4. The lowest BCUT2D eigenvalue weighted by molar-refractivity contribution is -0.384. The fourth-order valence-electron chi connectivity index (χ4n) is 2.94. The summed E-state index contributed by atoms with van der Waals surface area (Å²) in [4.78, 5) is 33.2. The average Bonchev–Trinajstić information content (AvgIpc) is 3.15. The van der Waals surface area contributed by atoms with Crippen LogP contribution in [0.5, 0.6) is 0 Å². The molecule has 1 aromatic heterocycles. The number of likely N-dealkylation sites (N-methyl/N-ethyl adjacent to an activating group) is 1. The van der Waals surface area contributed by atoms with Crippen molar-refractivity contribution in [2.24, 2.45) is 0 Å². The van der Waals surface area contributed by atoms with Crippen LogP contribution in [-0.2, 0) is 4.79 Å². The Kier molecular flexibility index (Phi) is 9.89. The maximum atomic E-state index is 13.0. The van der Waals surface area contributed by atoms with E-state index in [1.165, 1.54) is 33.9 Å². The monoisotopic (exact) mass is 494 g/mol. The Morgan fingerprint density at radius 2 is 1.88 bits per heavy atom. The molecule has 0 aliphatic rings. The summed E-state index contributed by atoms with van der Waals surface area (Å²) in [7, 11) is 3.92. The molecule has 0 spiro atoms. The molecule has 1 amide bonds. The summed E-state index contributed by atoms with van der Waals surface area (Å²) in [6.45, 7) is 3.30. The zero-order chi connectivity index (χ0) is 22.4. The molecule has 0 saturated carbocycles. The van der Waals surface area contributed by atoms with Gasteiger partial charge in [-0.15, -0.1) is 24.2 Å². The van der Waals surface area contributed by atoms with Gasteiger partial charge in [0.2, 0.25) is 5.91 Å². The fraction of sp³-hybridized carbons (Fsp3) is 0.364. The molecule has 32 heavy (non-hydrogen) atoms. The summed E-state index contributed by atoms with van der Waals surface area (Å²) in [5.74, 6) is 0.891. The third kappa shape index (κ3) is 7.16. The number of non-ortho nitro benzene ring substituents is 1. The van der Waals surface area contributed by atoms with Crippen molar-refractivity contribution in [2.75, 3.05) is 37.8 Å². The SMILES string of the molecule is Cc1ccc(SCCCC(=O)N(CCN(C)C)c2nc3ccc([N+](=O)[O-])cc3s2)cc1.Cl. The van der Waals surface area contributed by atoms with Gasteiger partial charge in [-0.05, 0) is 51.4 Å². The zero-order valence-electron chi connectivity index (χ0n) is 18.3. The van der Waals surface area contributed by atoms with Crippen molar-refractivity contribution < 1.29 is 9.72 Å². The Morgan fingerprint density at radius 1 is 1.16 bits per heavy atom. The minimum atomic E-state index is -0.417. The second-order valence-corrected chi connectivity index (χ2v) is 9.70. The van der Waals surface area contributed by atoms with E-state index in [1.807, 2.05) is 19.0 Å². The molecule has 10 heteroatoms. The Hall–Kier alpha value is -2.20. The van der Waals surface area contributed by atoms with Gasteiger partial charge in [0.05, 0.1) is 15.1 Å². The molecule has 2 aromatic carbocycles. The number of thiazole rings is 1. The first-order valence-electron chi connectivity index (χ1n) is 10.0. The summed E-state index contributed by atoms with van der Waals surface area (Å²) < 4.78 is 0.710. The average molecular weight is 495 g/mol. The summed E-state index contributed by atoms with van der Waals surface area (Å²) in [6.07, 6.45) is 1.20. The molecular formula is C22H27ClN4O3S2. The van der Waals surface area contributed by atoms with Crippen LogP contribution in [-0.4, -0.2) is 53.7 Å². The van der Waals surface area contributed by atoms with Gasteiger partial charge in [0, 0.05) is 36.5 Å². The maximum absolute atomic E-state index is 13.0. The number of halogens is 1. The number of rotatable bonds is 10. The van der Waals surface area contributed by atoms with Crippen LogP contribution >= 0.6 is 35.5 Å². The smallest absolute Gasteiger partial charge is 0.270 e. The van der Waals surface area contributed by atoms with Crippen LogP contribution in [0.4, 0.5) is 10.8 Å². The third-order valence-corrected chi connectivity index (χ3v) is 6.84. The molecule has 0 radical (unpaired) electrons. The Morgan fingerprint density at radius 3 is 2.53 bits per heavy atom. The van der Waals surface area contributed by atoms with Crippen LogP contribution in [0.15, 0.2) is 47.4 Å². The quantitative estimate of drug-likeness (QED) is 0.162. The zero-order valence-corrected chi connectivity index (χ0v) is 20.8. The van der Waals surface area contributed by atoms with Crippen molar-refractivity contribution in [3.63, 3.8) is 0 Å². The Labute approximate surface area is 202 Å². The minimum Gasteiger partial charge on any atom is -0.308 e. The normalized spacial score (nSPS) is 10.9. The molecule has 3 rings (SSSR count). The van der Waals surface area contributed by atoms with Crippen LogP contribution < -0.4 is 4.90 Å². The second-order valence-electron chi connectivity index (χ2n) is 7.52. The van der Waals surface area contributed by atoms with Crippen LogP contribution in [0.1, 0.15) is 18.4 Å². The molecule has 0 saturated heterocycles. The molecular weight excluding hydrogens is 468 g/mol. The number of benzene rings is 2. The van der Waals surface area contributed by atoms with Crippen LogP contribution in [0.3, 0.4) is 0 Å². The van der Waals surface area contributed by atoms with E-state index >= 15 is 0 Å². The van der Waals surface area contributed by atoms with Crippen LogP contribution in [0.2, 0.25) is 0 Å². The number of amides is 1. The van der Waals surface area contributed by atoms with E-state index in [9.17, 15) is 14.9 Å². The molecule has 3 aromatic rings. The Bertz CT molecular complexity index is 1060. The van der Waals surface area contributed by atoms with Crippen molar-refractivity contribution in [1.29, 1.82) is 0 Å². The number of fused-ring (bicyclic) bond motifs is 1. The number of aryl methyl sites for hydroxylation is 1. The van der Waals surface area contributed by atoms with E-state index in [4.69, 9.17) is 0 Å². The minimum absolute atomic E-state index is 0. The molecule has 0 atom stereocenters. The molecule has 7 nitrogen and oxygen atoms in total. The summed E-state index contributed by atoms with van der Waals surface area (Å²) in [5.41, 5.74) is 1.93. The highest BCUT2D eigenvalue weighted by Crippen LogP contribution is 2.32. The van der Waals surface area contributed by atoms with Gasteiger partial charge >= 0.3 is 0 Å².